The van der Waals surface area contributed by atoms with E-state index in [2.05, 4.69) is 5.32 Å². The largest absolute Gasteiger partial charge is 0.438 e. The van der Waals surface area contributed by atoms with Crippen molar-refractivity contribution in [1.82, 2.24) is 5.32 Å². The fraction of sp³-hybridized carbons (Fsp3) is 0.667. The van der Waals surface area contributed by atoms with Gasteiger partial charge in [-0.15, -0.1) is 0 Å². The van der Waals surface area contributed by atoms with Crippen LogP contribution in [0.4, 0.5) is 0 Å². The first kappa shape index (κ1) is 14.3. The van der Waals surface area contributed by atoms with Crippen LogP contribution in [-0.4, -0.2) is 19.9 Å². The van der Waals surface area contributed by atoms with E-state index in [1.165, 1.54) is 31.4 Å². The summed E-state index contributed by atoms with van der Waals surface area (Å²) in [5, 5.41) is 7.77. The van der Waals surface area contributed by atoms with E-state index in [1.54, 1.807) is 0 Å². The van der Waals surface area contributed by atoms with Gasteiger partial charge in [0.15, 0.2) is 5.76 Å². The summed E-state index contributed by atoms with van der Waals surface area (Å²) in [6.45, 7) is 0. The molecule has 4 aliphatic carbocycles. The van der Waals surface area contributed by atoms with Gasteiger partial charge in [-0.1, -0.05) is 0 Å². The zero-order chi connectivity index (χ0) is 15.5. The molecule has 0 saturated heterocycles. The van der Waals surface area contributed by atoms with Crippen LogP contribution < -0.4 is 10.5 Å². The molecule has 0 aliphatic heterocycles. The molecule has 0 radical (unpaired) electrons. The topological polar surface area (TPSA) is 102 Å². The molecule has 22 heavy (non-hydrogen) atoms. The van der Waals surface area contributed by atoms with Gasteiger partial charge in [-0.05, 0) is 68.4 Å². The molecule has 0 atom stereocenters. The number of sulfonamides is 1. The Bertz CT molecular complexity index is 686. The van der Waals surface area contributed by atoms with E-state index in [0.29, 0.717) is 0 Å². The van der Waals surface area contributed by atoms with Crippen LogP contribution in [0.5, 0.6) is 0 Å². The van der Waals surface area contributed by atoms with Gasteiger partial charge in [0.25, 0.3) is 15.9 Å². The van der Waals surface area contributed by atoms with Gasteiger partial charge < -0.3 is 9.73 Å². The van der Waals surface area contributed by atoms with Crippen LogP contribution in [0.25, 0.3) is 0 Å². The molecular formula is C15H20N2O4S. The highest BCUT2D eigenvalue weighted by Crippen LogP contribution is 2.55. The van der Waals surface area contributed by atoms with Crippen molar-refractivity contribution in [2.45, 2.75) is 49.2 Å². The second-order valence-electron chi connectivity index (χ2n) is 7.32. The lowest BCUT2D eigenvalue weighted by atomic mass is 9.53. The third-order valence-corrected chi connectivity index (χ3v) is 6.28. The summed E-state index contributed by atoms with van der Waals surface area (Å²) in [6, 6.07) is 2.60. The first-order valence-electron chi connectivity index (χ1n) is 7.78. The Morgan fingerprint density at radius 1 is 1.14 bits per heavy atom. The number of carbonyl (C=O) groups is 1. The van der Waals surface area contributed by atoms with E-state index in [-0.39, 0.29) is 22.3 Å². The third kappa shape index (κ3) is 2.36. The van der Waals surface area contributed by atoms with Gasteiger partial charge in [-0.25, -0.2) is 13.6 Å². The second kappa shape index (κ2) is 4.58. The number of hydrogen-bond donors (Lipinski definition) is 2. The van der Waals surface area contributed by atoms with Crippen molar-refractivity contribution in [3.8, 4) is 0 Å². The fourth-order valence-corrected chi connectivity index (χ4v) is 5.62. The quantitative estimate of drug-likeness (QED) is 0.882. The number of primary sulfonamides is 1. The van der Waals surface area contributed by atoms with Crippen LogP contribution in [0.3, 0.4) is 0 Å². The highest BCUT2D eigenvalue weighted by Gasteiger charge is 2.51. The lowest BCUT2D eigenvalue weighted by Gasteiger charge is -2.56. The molecule has 4 bridgehead atoms. The summed E-state index contributed by atoms with van der Waals surface area (Å²) >= 11 is 0. The summed E-state index contributed by atoms with van der Waals surface area (Å²) in [5.74, 6) is 1.85. The summed E-state index contributed by atoms with van der Waals surface area (Å²) in [6.07, 6.45) is 7.00. The van der Waals surface area contributed by atoms with Crippen LogP contribution in [0.2, 0.25) is 0 Å². The van der Waals surface area contributed by atoms with Crippen molar-refractivity contribution in [3.63, 3.8) is 0 Å². The van der Waals surface area contributed by atoms with E-state index in [0.717, 1.165) is 37.0 Å². The number of hydrogen-bond acceptors (Lipinski definition) is 4. The maximum atomic E-state index is 12.4. The summed E-state index contributed by atoms with van der Waals surface area (Å²) in [7, 11) is -3.92. The molecule has 4 fully saturated rings. The monoisotopic (exact) mass is 324 g/mol. The molecule has 6 nitrogen and oxygen atoms in total. The van der Waals surface area contributed by atoms with E-state index in [4.69, 9.17) is 9.56 Å². The van der Waals surface area contributed by atoms with Crippen molar-refractivity contribution in [2.75, 3.05) is 0 Å². The Balaban J connectivity index is 1.54. The molecule has 0 spiro atoms. The molecule has 7 heteroatoms. The SMILES string of the molecule is NS(=O)(=O)c1ccc(C(=O)NC23CC4CC(CC(C4)C2)C3)o1. The summed E-state index contributed by atoms with van der Waals surface area (Å²) in [5.41, 5.74) is -0.125. The Labute approximate surface area is 129 Å². The van der Waals surface area contributed by atoms with Crippen molar-refractivity contribution >= 4 is 15.9 Å². The van der Waals surface area contributed by atoms with Crippen LogP contribution >= 0.6 is 0 Å². The van der Waals surface area contributed by atoms with Crippen LogP contribution in [0.1, 0.15) is 49.1 Å². The molecular weight excluding hydrogens is 304 g/mol. The fourth-order valence-electron chi connectivity index (χ4n) is 5.16. The molecule has 0 unspecified atom stereocenters. The molecule has 1 heterocycles. The Kier molecular flexibility index (Phi) is 2.97. The highest BCUT2D eigenvalue weighted by molar-refractivity contribution is 7.89. The van der Waals surface area contributed by atoms with Crippen LogP contribution in [-0.2, 0) is 10.0 Å². The molecule has 1 aromatic rings. The zero-order valence-corrected chi connectivity index (χ0v) is 13.1. The van der Waals surface area contributed by atoms with Crippen molar-refractivity contribution in [1.29, 1.82) is 0 Å². The van der Waals surface area contributed by atoms with Gasteiger partial charge in [0.05, 0.1) is 0 Å². The Morgan fingerprint density at radius 2 is 1.68 bits per heavy atom. The minimum atomic E-state index is -3.92. The van der Waals surface area contributed by atoms with Gasteiger partial charge in [0.2, 0.25) is 5.09 Å². The molecule has 120 valence electrons. The number of furan rings is 1. The van der Waals surface area contributed by atoms with Crippen LogP contribution in [0.15, 0.2) is 21.6 Å². The molecule has 1 amide bonds. The van der Waals surface area contributed by atoms with Gasteiger partial charge >= 0.3 is 0 Å². The first-order chi connectivity index (χ1) is 10.3. The molecule has 5 rings (SSSR count). The highest BCUT2D eigenvalue weighted by atomic mass is 32.2. The maximum absolute atomic E-state index is 12.4. The van der Waals surface area contributed by atoms with Crippen molar-refractivity contribution in [3.05, 3.63) is 17.9 Å². The minimum Gasteiger partial charge on any atom is -0.438 e. The number of amides is 1. The molecule has 3 N–H and O–H groups in total. The predicted octanol–water partition coefficient (Wildman–Crippen LogP) is 1.63. The Morgan fingerprint density at radius 3 is 2.14 bits per heavy atom. The molecule has 0 aromatic carbocycles. The van der Waals surface area contributed by atoms with E-state index in [9.17, 15) is 13.2 Å². The van der Waals surface area contributed by atoms with Gasteiger partial charge in [-0.3, -0.25) is 4.79 Å². The maximum Gasteiger partial charge on any atom is 0.287 e. The number of rotatable bonds is 3. The predicted molar refractivity (Wildman–Crippen MR) is 78.5 cm³/mol. The average Bonchev–Trinajstić information content (AvgIpc) is 2.85. The number of carbonyl (C=O) groups excluding carboxylic acids is 1. The van der Waals surface area contributed by atoms with Crippen molar-refractivity contribution in [2.24, 2.45) is 22.9 Å². The second-order valence-corrected chi connectivity index (χ2v) is 8.81. The van der Waals surface area contributed by atoms with Crippen LogP contribution in [0, 0.1) is 17.8 Å². The summed E-state index contributed by atoms with van der Waals surface area (Å²) < 4.78 is 27.6. The smallest absolute Gasteiger partial charge is 0.287 e. The van der Waals surface area contributed by atoms with E-state index < -0.39 is 10.0 Å². The standard InChI is InChI=1S/C15H20N2O4S/c16-22(19,20)13-2-1-12(21-13)14(18)17-15-6-9-3-10(7-15)5-11(4-9)8-15/h1-2,9-11H,3-8H2,(H,17,18)(H2,16,19,20). The number of nitrogens with two attached hydrogens (primary N) is 1. The Hall–Kier alpha value is -1.34. The molecule has 4 aliphatic rings. The molecule has 4 saturated carbocycles. The van der Waals surface area contributed by atoms with Gasteiger partial charge in [-0.2, -0.15) is 0 Å². The van der Waals surface area contributed by atoms with E-state index >= 15 is 0 Å². The molecule has 1 aromatic heterocycles. The number of nitrogens with one attached hydrogen (secondary N) is 1. The summed E-state index contributed by atoms with van der Waals surface area (Å²) in [4.78, 5) is 12.4. The van der Waals surface area contributed by atoms with E-state index in [1.807, 2.05) is 0 Å². The normalized spacial score (nSPS) is 36.5. The lowest BCUT2D eigenvalue weighted by molar-refractivity contribution is -0.0172. The average molecular weight is 324 g/mol. The lowest BCUT2D eigenvalue weighted by Crippen LogP contribution is -2.59. The van der Waals surface area contributed by atoms with Gasteiger partial charge in [0.1, 0.15) is 0 Å². The minimum absolute atomic E-state index is 0.0137. The van der Waals surface area contributed by atoms with Gasteiger partial charge in [0, 0.05) is 5.54 Å². The van der Waals surface area contributed by atoms with Crippen molar-refractivity contribution < 1.29 is 17.6 Å². The zero-order valence-electron chi connectivity index (χ0n) is 12.2. The third-order valence-electron chi connectivity index (χ3n) is 5.50. The first-order valence-corrected chi connectivity index (χ1v) is 9.33.